The summed E-state index contributed by atoms with van der Waals surface area (Å²) in [6, 6.07) is 10.3. The van der Waals surface area contributed by atoms with E-state index in [1.165, 1.54) is 5.56 Å². The Labute approximate surface area is 155 Å². The Morgan fingerprint density at radius 1 is 1.23 bits per heavy atom. The Hall–Kier alpha value is -2.11. The van der Waals surface area contributed by atoms with Crippen LogP contribution < -0.4 is 5.32 Å². The number of nitrogens with zero attached hydrogens (tertiary/aromatic N) is 1. The fourth-order valence-corrected chi connectivity index (χ4v) is 3.42. The van der Waals surface area contributed by atoms with Crippen LogP contribution in [-0.2, 0) is 17.9 Å². The lowest BCUT2D eigenvalue weighted by Crippen LogP contribution is -2.57. The highest BCUT2D eigenvalue weighted by Crippen LogP contribution is 2.24. The van der Waals surface area contributed by atoms with E-state index >= 15 is 0 Å². The fourth-order valence-electron chi connectivity index (χ4n) is 3.42. The second kappa shape index (κ2) is 8.06. The molecule has 3 rings (SSSR count). The summed E-state index contributed by atoms with van der Waals surface area (Å²) >= 11 is 0. The number of benzene rings is 1. The minimum absolute atomic E-state index is 0.184. The van der Waals surface area contributed by atoms with E-state index in [0.717, 1.165) is 17.5 Å². The van der Waals surface area contributed by atoms with E-state index in [0.29, 0.717) is 32.0 Å². The molecule has 1 saturated heterocycles. The molecule has 1 aliphatic rings. The van der Waals surface area contributed by atoms with Gasteiger partial charge in [0, 0.05) is 31.7 Å². The summed E-state index contributed by atoms with van der Waals surface area (Å²) in [6.45, 7) is 6.39. The predicted octanol–water partition coefficient (Wildman–Crippen LogP) is 3.05. The van der Waals surface area contributed by atoms with Gasteiger partial charge in [0.2, 0.25) is 0 Å². The number of rotatable bonds is 7. The van der Waals surface area contributed by atoms with Crippen LogP contribution in [0.3, 0.4) is 0 Å². The summed E-state index contributed by atoms with van der Waals surface area (Å²) in [5, 5.41) is 14.0. The van der Waals surface area contributed by atoms with Crippen molar-refractivity contribution in [3.8, 4) is 0 Å². The van der Waals surface area contributed by atoms with Gasteiger partial charge in [-0.25, -0.2) is 0 Å². The minimum Gasteiger partial charge on any atom is -0.472 e. The molecule has 1 aromatic heterocycles. The van der Waals surface area contributed by atoms with Gasteiger partial charge in [-0.3, -0.25) is 4.79 Å². The third-order valence-electron chi connectivity index (χ3n) is 5.05. The monoisotopic (exact) mass is 356 g/mol. The molecule has 1 atom stereocenters. The number of nitrogens with one attached hydrogen (secondary N) is 1. The van der Waals surface area contributed by atoms with Crippen molar-refractivity contribution in [2.75, 3.05) is 13.1 Å². The zero-order valence-electron chi connectivity index (χ0n) is 15.6. The van der Waals surface area contributed by atoms with Gasteiger partial charge in [0.1, 0.15) is 0 Å². The van der Waals surface area contributed by atoms with E-state index < -0.39 is 5.60 Å². The van der Waals surface area contributed by atoms with Gasteiger partial charge in [-0.2, -0.15) is 0 Å². The van der Waals surface area contributed by atoms with Gasteiger partial charge in [0.25, 0.3) is 5.91 Å². The minimum atomic E-state index is -1.33. The highest BCUT2D eigenvalue weighted by molar-refractivity contribution is 5.86. The largest absolute Gasteiger partial charge is 0.472 e. The Kier molecular flexibility index (Phi) is 5.79. The van der Waals surface area contributed by atoms with Crippen LogP contribution in [0.15, 0.2) is 47.3 Å². The van der Waals surface area contributed by atoms with Crippen molar-refractivity contribution < 1.29 is 14.3 Å². The molecular weight excluding hydrogens is 328 g/mol. The van der Waals surface area contributed by atoms with Gasteiger partial charge >= 0.3 is 0 Å². The van der Waals surface area contributed by atoms with E-state index in [1.54, 1.807) is 17.4 Å². The van der Waals surface area contributed by atoms with E-state index in [9.17, 15) is 9.90 Å². The Morgan fingerprint density at radius 2 is 2.00 bits per heavy atom. The summed E-state index contributed by atoms with van der Waals surface area (Å²) in [5.74, 6) is 0.309. The average Bonchev–Trinajstić information content (AvgIpc) is 3.13. The molecule has 0 radical (unpaired) electrons. The zero-order valence-corrected chi connectivity index (χ0v) is 15.6. The lowest BCUT2D eigenvalue weighted by molar-refractivity contribution is -0.157. The molecule has 2 aromatic rings. The van der Waals surface area contributed by atoms with Gasteiger partial charge in [-0.15, -0.1) is 0 Å². The number of carbonyl (C=O) groups is 1. The van der Waals surface area contributed by atoms with Crippen LogP contribution in [-0.4, -0.2) is 34.6 Å². The van der Waals surface area contributed by atoms with E-state index in [1.807, 2.05) is 6.07 Å². The van der Waals surface area contributed by atoms with Gasteiger partial charge < -0.3 is 19.7 Å². The summed E-state index contributed by atoms with van der Waals surface area (Å²) in [7, 11) is 0. The number of hydrogen-bond acceptors (Lipinski definition) is 4. The van der Waals surface area contributed by atoms with Crippen LogP contribution in [0.1, 0.15) is 49.3 Å². The Balaban J connectivity index is 1.59. The SMILES string of the molecule is CC(C)c1ccc(CN2CCC[C@@](O)(CNCc3ccoc3)C2=O)cc1. The summed E-state index contributed by atoms with van der Waals surface area (Å²) in [5.41, 5.74) is 2.05. The van der Waals surface area contributed by atoms with Crippen LogP contribution in [0.2, 0.25) is 0 Å². The third kappa shape index (κ3) is 4.34. The number of amides is 1. The highest BCUT2D eigenvalue weighted by Gasteiger charge is 2.41. The number of likely N-dealkylation sites (tertiary alicyclic amines) is 1. The van der Waals surface area contributed by atoms with Crippen LogP contribution >= 0.6 is 0 Å². The second-order valence-corrected chi connectivity index (χ2v) is 7.49. The lowest BCUT2D eigenvalue weighted by Gasteiger charge is -2.38. The lowest BCUT2D eigenvalue weighted by atomic mass is 9.91. The molecule has 0 saturated carbocycles. The molecule has 0 bridgehead atoms. The molecule has 0 unspecified atom stereocenters. The molecule has 1 fully saturated rings. The van der Waals surface area contributed by atoms with Crippen molar-refractivity contribution in [3.63, 3.8) is 0 Å². The van der Waals surface area contributed by atoms with Crippen molar-refractivity contribution in [2.45, 2.75) is 51.3 Å². The maximum absolute atomic E-state index is 12.8. The van der Waals surface area contributed by atoms with Crippen molar-refractivity contribution in [3.05, 3.63) is 59.5 Å². The van der Waals surface area contributed by atoms with Crippen molar-refractivity contribution in [2.24, 2.45) is 0 Å². The molecule has 5 nitrogen and oxygen atoms in total. The molecule has 1 amide bonds. The molecule has 26 heavy (non-hydrogen) atoms. The number of hydrogen-bond donors (Lipinski definition) is 2. The number of piperidine rings is 1. The summed E-state index contributed by atoms with van der Waals surface area (Å²) in [6.07, 6.45) is 4.57. The first-order valence-corrected chi connectivity index (χ1v) is 9.30. The normalized spacial score (nSPS) is 20.8. The van der Waals surface area contributed by atoms with Gasteiger partial charge in [0.05, 0.1) is 12.5 Å². The molecule has 1 aromatic carbocycles. The Morgan fingerprint density at radius 3 is 2.65 bits per heavy atom. The molecule has 2 heterocycles. The first-order chi connectivity index (χ1) is 12.5. The first kappa shape index (κ1) is 18.7. The van der Waals surface area contributed by atoms with Gasteiger partial charge in [-0.1, -0.05) is 38.1 Å². The quantitative estimate of drug-likeness (QED) is 0.800. The molecule has 5 heteroatoms. The maximum Gasteiger partial charge on any atom is 0.256 e. The van der Waals surface area contributed by atoms with Gasteiger partial charge in [-0.05, 0) is 36.0 Å². The standard InChI is InChI=1S/C21H28N2O3/c1-16(2)19-6-4-17(5-7-19)13-23-10-3-9-21(25,20(23)24)15-22-12-18-8-11-26-14-18/h4-8,11,14,16,22,25H,3,9-10,12-13,15H2,1-2H3/t21-/m1/s1. The molecule has 2 N–H and O–H groups in total. The molecule has 0 spiro atoms. The number of aliphatic hydroxyl groups is 1. The molecule has 1 aliphatic heterocycles. The van der Waals surface area contributed by atoms with Crippen LogP contribution in [0, 0.1) is 0 Å². The summed E-state index contributed by atoms with van der Waals surface area (Å²) < 4.78 is 5.03. The van der Waals surface area contributed by atoms with Crippen molar-refractivity contribution in [1.29, 1.82) is 0 Å². The van der Waals surface area contributed by atoms with Crippen LogP contribution in [0.5, 0.6) is 0 Å². The average molecular weight is 356 g/mol. The Bertz CT molecular complexity index is 709. The fraction of sp³-hybridized carbons (Fsp3) is 0.476. The van der Waals surface area contributed by atoms with Crippen LogP contribution in [0.25, 0.3) is 0 Å². The van der Waals surface area contributed by atoms with Crippen LogP contribution in [0.4, 0.5) is 0 Å². The second-order valence-electron chi connectivity index (χ2n) is 7.49. The number of carbonyl (C=O) groups excluding carboxylic acids is 1. The van der Waals surface area contributed by atoms with Gasteiger partial charge in [0.15, 0.2) is 5.60 Å². The van der Waals surface area contributed by atoms with E-state index in [2.05, 4.69) is 43.4 Å². The molecule has 0 aliphatic carbocycles. The van der Waals surface area contributed by atoms with Crippen molar-refractivity contribution >= 4 is 5.91 Å². The molecular formula is C21H28N2O3. The van der Waals surface area contributed by atoms with Crippen molar-refractivity contribution in [1.82, 2.24) is 10.2 Å². The first-order valence-electron chi connectivity index (χ1n) is 9.30. The van der Waals surface area contributed by atoms with E-state index in [-0.39, 0.29) is 12.5 Å². The molecule has 140 valence electrons. The number of furan rings is 1. The third-order valence-corrected chi connectivity index (χ3v) is 5.05. The highest BCUT2D eigenvalue weighted by atomic mass is 16.3. The zero-order chi connectivity index (χ0) is 18.6. The predicted molar refractivity (Wildman–Crippen MR) is 101 cm³/mol. The topological polar surface area (TPSA) is 65.7 Å². The smallest absolute Gasteiger partial charge is 0.256 e. The maximum atomic E-state index is 12.8. The summed E-state index contributed by atoms with van der Waals surface area (Å²) in [4.78, 5) is 14.6. The van der Waals surface area contributed by atoms with E-state index in [4.69, 9.17) is 4.42 Å².